The Morgan fingerprint density at radius 2 is 1.58 bits per heavy atom. The lowest BCUT2D eigenvalue weighted by atomic mass is 9.79. The number of hydrogen-bond acceptors (Lipinski definition) is 3. The summed E-state index contributed by atoms with van der Waals surface area (Å²) in [6.07, 6.45) is 2.41. The molecule has 0 bridgehead atoms. The number of carboxylic acids is 1. The van der Waals surface area contributed by atoms with Gasteiger partial charge in [-0.3, -0.25) is 4.99 Å². The van der Waals surface area contributed by atoms with Crippen LogP contribution in [0.15, 0.2) is 108 Å². The summed E-state index contributed by atoms with van der Waals surface area (Å²) in [6.45, 7) is 0.612. The van der Waals surface area contributed by atoms with Crippen molar-refractivity contribution in [3.63, 3.8) is 0 Å². The lowest BCUT2D eigenvalue weighted by Crippen LogP contribution is -2.42. The fourth-order valence-electron chi connectivity index (χ4n) is 4.66. The Balaban J connectivity index is 1.55. The molecule has 2 N–H and O–H groups in total. The first-order valence-corrected chi connectivity index (χ1v) is 11.0. The van der Waals surface area contributed by atoms with E-state index in [0.29, 0.717) is 18.5 Å². The van der Waals surface area contributed by atoms with Crippen LogP contribution in [0.4, 0.5) is 0 Å². The molecule has 0 aromatic heterocycles. The first kappa shape index (κ1) is 20.7. The molecule has 4 heteroatoms. The third kappa shape index (κ3) is 3.92. The van der Waals surface area contributed by atoms with Crippen LogP contribution in [0.2, 0.25) is 0 Å². The molecule has 0 fully saturated rings. The van der Waals surface area contributed by atoms with E-state index in [0.717, 1.165) is 33.4 Å². The van der Waals surface area contributed by atoms with Crippen molar-refractivity contribution in [1.29, 1.82) is 0 Å². The first-order chi connectivity index (χ1) is 16.2. The number of carbonyl (C=O) groups is 1. The number of nitrogens with one attached hydrogen (secondary N) is 1. The summed E-state index contributed by atoms with van der Waals surface area (Å²) in [5.41, 5.74) is 5.92. The molecule has 1 heterocycles. The van der Waals surface area contributed by atoms with E-state index in [1.54, 1.807) is 12.4 Å². The highest BCUT2D eigenvalue weighted by Crippen LogP contribution is 2.35. The first-order valence-electron chi connectivity index (χ1n) is 11.0. The van der Waals surface area contributed by atoms with Crippen molar-refractivity contribution < 1.29 is 9.90 Å². The average molecular weight is 433 g/mol. The number of benzene rings is 4. The predicted molar refractivity (Wildman–Crippen MR) is 132 cm³/mol. The monoisotopic (exact) mass is 432 g/mol. The molecule has 1 aliphatic heterocycles. The van der Waals surface area contributed by atoms with Gasteiger partial charge in [-0.25, -0.2) is 4.79 Å². The van der Waals surface area contributed by atoms with Crippen LogP contribution < -0.4 is 5.32 Å². The molecule has 0 amide bonds. The van der Waals surface area contributed by atoms with E-state index in [2.05, 4.69) is 34.6 Å². The summed E-state index contributed by atoms with van der Waals surface area (Å²) in [5, 5.41) is 13.4. The summed E-state index contributed by atoms with van der Waals surface area (Å²) < 4.78 is 0. The third-order valence-corrected chi connectivity index (χ3v) is 6.27. The van der Waals surface area contributed by atoms with Crippen LogP contribution in [0, 0.1) is 0 Å². The van der Waals surface area contributed by atoms with Crippen molar-refractivity contribution in [3.05, 3.63) is 131 Å². The average Bonchev–Trinajstić information content (AvgIpc) is 3.36. The molecule has 1 atom stereocenters. The van der Waals surface area contributed by atoms with Crippen LogP contribution in [-0.2, 0) is 12.0 Å². The van der Waals surface area contributed by atoms with Crippen molar-refractivity contribution >= 4 is 12.3 Å². The second kappa shape index (κ2) is 8.75. The van der Waals surface area contributed by atoms with Gasteiger partial charge in [-0.2, -0.15) is 0 Å². The molecule has 162 valence electrons. The lowest BCUT2D eigenvalue weighted by Gasteiger charge is -2.32. The van der Waals surface area contributed by atoms with Gasteiger partial charge in [-0.05, 0) is 45.9 Å². The van der Waals surface area contributed by atoms with Gasteiger partial charge in [0.25, 0.3) is 0 Å². The Kier molecular flexibility index (Phi) is 5.49. The number of aliphatic imine (C=N–C) groups is 1. The van der Waals surface area contributed by atoms with Crippen LogP contribution in [0.5, 0.6) is 0 Å². The van der Waals surface area contributed by atoms with Gasteiger partial charge in [-0.1, -0.05) is 97.1 Å². The Bertz CT molecular complexity index is 1310. The Morgan fingerprint density at radius 1 is 0.879 bits per heavy atom. The van der Waals surface area contributed by atoms with Gasteiger partial charge < -0.3 is 10.4 Å². The van der Waals surface area contributed by atoms with Gasteiger partial charge in [0.15, 0.2) is 0 Å². The second-order valence-corrected chi connectivity index (χ2v) is 8.27. The van der Waals surface area contributed by atoms with E-state index in [-0.39, 0.29) is 0 Å². The van der Waals surface area contributed by atoms with Gasteiger partial charge in [0.2, 0.25) is 0 Å². The van der Waals surface area contributed by atoms with Crippen molar-refractivity contribution in [2.24, 2.45) is 4.99 Å². The van der Waals surface area contributed by atoms with E-state index in [1.165, 1.54) is 0 Å². The summed E-state index contributed by atoms with van der Waals surface area (Å²) in [4.78, 5) is 16.6. The second-order valence-electron chi connectivity index (χ2n) is 8.27. The summed E-state index contributed by atoms with van der Waals surface area (Å²) in [5.74, 6) is -0.921. The van der Waals surface area contributed by atoms with Gasteiger partial charge in [0.05, 0.1) is 18.4 Å². The zero-order valence-electron chi connectivity index (χ0n) is 18.1. The smallest absolute Gasteiger partial charge is 0.336 e. The van der Waals surface area contributed by atoms with E-state index < -0.39 is 11.5 Å². The molecule has 1 unspecified atom stereocenters. The van der Waals surface area contributed by atoms with Gasteiger partial charge in [0, 0.05) is 0 Å². The number of hydrogen-bond donors (Lipinski definition) is 2. The molecule has 5 rings (SSSR count). The molecular weight excluding hydrogens is 408 g/mol. The minimum Gasteiger partial charge on any atom is -0.478 e. The van der Waals surface area contributed by atoms with Crippen molar-refractivity contribution in [1.82, 2.24) is 5.32 Å². The minimum absolute atomic E-state index is 0.316. The van der Waals surface area contributed by atoms with Crippen LogP contribution >= 0.6 is 0 Å². The predicted octanol–water partition coefficient (Wildman–Crippen LogP) is 5.52. The highest BCUT2D eigenvalue weighted by atomic mass is 16.4. The maximum absolute atomic E-state index is 12.1. The van der Waals surface area contributed by atoms with Gasteiger partial charge >= 0.3 is 5.97 Å². The fourth-order valence-corrected chi connectivity index (χ4v) is 4.66. The van der Waals surface area contributed by atoms with Crippen molar-refractivity contribution in [2.45, 2.75) is 12.0 Å². The van der Waals surface area contributed by atoms with Gasteiger partial charge in [-0.15, -0.1) is 0 Å². The van der Waals surface area contributed by atoms with Crippen LogP contribution in [0.25, 0.3) is 11.1 Å². The molecule has 4 aromatic carbocycles. The van der Waals surface area contributed by atoms with Crippen LogP contribution in [-0.4, -0.2) is 24.0 Å². The molecule has 1 aliphatic rings. The Hall–Kier alpha value is -4.18. The molecule has 0 spiro atoms. The highest BCUT2D eigenvalue weighted by molar-refractivity contribution is 5.96. The molecule has 0 saturated heterocycles. The van der Waals surface area contributed by atoms with Crippen molar-refractivity contribution in [2.75, 3.05) is 6.54 Å². The fraction of sp³-hybridized carbons (Fsp3) is 0.103. The lowest BCUT2D eigenvalue weighted by molar-refractivity contribution is 0.0697. The maximum atomic E-state index is 12.1. The van der Waals surface area contributed by atoms with Gasteiger partial charge in [0.1, 0.15) is 5.54 Å². The standard InChI is InChI=1S/C29H24N2O2/c32-28(33)26-18-21(15-16-25(26)22-9-3-1-4-10-22)17-23-11-7-8-14-27(23)29(19-30-20-31-29)24-12-5-2-6-13-24/h1-16,18,20H,17,19H2,(H,30,31)(H,32,33). The number of carboxylic acid groups (broad SMARTS) is 1. The molecular formula is C29H24N2O2. The third-order valence-electron chi connectivity index (χ3n) is 6.27. The largest absolute Gasteiger partial charge is 0.478 e. The molecule has 4 aromatic rings. The Morgan fingerprint density at radius 3 is 2.27 bits per heavy atom. The number of nitrogens with zero attached hydrogens (tertiary/aromatic N) is 1. The molecule has 33 heavy (non-hydrogen) atoms. The van der Waals surface area contributed by atoms with E-state index in [4.69, 9.17) is 0 Å². The SMILES string of the molecule is O=C(O)c1cc(Cc2ccccc2C2(c3ccccc3)CN=CN2)ccc1-c1ccccc1. The van der Waals surface area contributed by atoms with E-state index in [1.807, 2.05) is 72.8 Å². The molecule has 4 nitrogen and oxygen atoms in total. The summed E-state index contributed by atoms with van der Waals surface area (Å²) in [6, 6.07) is 34.1. The van der Waals surface area contributed by atoms with Crippen molar-refractivity contribution in [3.8, 4) is 11.1 Å². The van der Waals surface area contributed by atoms with Crippen LogP contribution in [0.1, 0.15) is 32.6 Å². The Labute approximate surface area is 193 Å². The zero-order chi connectivity index (χ0) is 22.7. The highest BCUT2D eigenvalue weighted by Gasteiger charge is 2.37. The molecule has 0 saturated carbocycles. The molecule has 0 radical (unpaired) electrons. The molecule has 0 aliphatic carbocycles. The number of rotatable bonds is 6. The normalized spacial score (nSPS) is 17.0. The minimum atomic E-state index is -0.921. The van der Waals surface area contributed by atoms with E-state index in [9.17, 15) is 9.90 Å². The maximum Gasteiger partial charge on any atom is 0.336 e. The topological polar surface area (TPSA) is 61.7 Å². The number of aromatic carboxylic acids is 1. The van der Waals surface area contributed by atoms with E-state index >= 15 is 0 Å². The quantitative estimate of drug-likeness (QED) is 0.422. The summed E-state index contributed by atoms with van der Waals surface area (Å²) >= 11 is 0. The zero-order valence-corrected chi connectivity index (χ0v) is 18.1. The van der Waals surface area contributed by atoms with Crippen LogP contribution in [0.3, 0.4) is 0 Å². The summed E-state index contributed by atoms with van der Waals surface area (Å²) in [7, 11) is 0.